The minimum absolute atomic E-state index is 0.0542. The van der Waals surface area contributed by atoms with Crippen LogP contribution in [-0.2, 0) is 4.79 Å². The van der Waals surface area contributed by atoms with E-state index in [4.69, 9.17) is 4.74 Å². The van der Waals surface area contributed by atoms with E-state index in [0.717, 1.165) is 11.6 Å². The molecule has 1 aliphatic rings. The summed E-state index contributed by atoms with van der Waals surface area (Å²) in [7, 11) is 3.85. The van der Waals surface area contributed by atoms with Gasteiger partial charge in [-0.25, -0.2) is 9.97 Å². The molecule has 0 aromatic carbocycles. The Bertz CT molecular complexity index is 685. The molecule has 0 N–H and O–H groups in total. The van der Waals surface area contributed by atoms with Gasteiger partial charge in [-0.3, -0.25) is 4.79 Å². The van der Waals surface area contributed by atoms with Crippen LogP contribution >= 0.6 is 0 Å². The van der Waals surface area contributed by atoms with Crippen LogP contribution in [-0.4, -0.2) is 77.9 Å². The lowest BCUT2D eigenvalue weighted by molar-refractivity contribution is -0.133. The van der Waals surface area contributed by atoms with Crippen molar-refractivity contribution in [3.05, 3.63) is 30.6 Å². The first-order chi connectivity index (χ1) is 12.1. The van der Waals surface area contributed by atoms with Crippen molar-refractivity contribution in [2.24, 2.45) is 0 Å². The summed E-state index contributed by atoms with van der Waals surface area (Å²) in [6.07, 6.45) is 3.16. The highest BCUT2D eigenvalue weighted by atomic mass is 16.5. The Morgan fingerprint density at radius 1 is 1.12 bits per heavy atom. The largest absolute Gasteiger partial charge is 0.453 e. The quantitative estimate of drug-likeness (QED) is 0.753. The highest BCUT2D eigenvalue weighted by Crippen LogP contribution is 2.15. The molecule has 1 amide bonds. The van der Waals surface area contributed by atoms with Crippen molar-refractivity contribution in [3.63, 3.8) is 0 Å². The van der Waals surface area contributed by atoms with E-state index in [1.54, 1.807) is 23.4 Å². The van der Waals surface area contributed by atoms with Crippen LogP contribution < -0.4 is 14.5 Å². The molecule has 0 saturated carbocycles. The topological polar surface area (TPSA) is 87.6 Å². The number of ether oxygens (including phenoxy) is 1. The zero-order valence-electron chi connectivity index (χ0n) is 14.4. The maximum atomic E-state index is 12.2. The number of hydrogen-bond acceptors (Lipinski definition) is 8. The fourth-order valence-corrected chi connectivity index (χ4v) is 2.49. The van der Waals surface area contributed by atoms with Crippen LogP contribution in [0.25, 0.3) is 0 Å². The Hall–Kier alpha value is -2.97. The molecular formula is C16H21N7O2. The molecule has 0 atom stereocenters. The van der Waals surface area contributed by atoms with E-state index in [1.165, 1.54) is 0 Å². The third-order valence-electron chi connectivity index (χ3n) is 3.92. The first-order valence-electron chi connectivity index (χ1n) is 8.07. The Labute approximate surface area is 146 Å². The summed E-state index contributed by atoms with van der Waals surface area (Å²) in [5.41, 5.74) is 0. The predicted molar refractivity (Wildman–Crippen MR) is 92.7 cm³/mol. The number of anilines is 2. The van der Waals surface area contributed by atoms with Gasteiger partial charge in [0.1, 0.15) is 0 Å². The lowest BCUT2D eigenvalue weighted by atomic mass is 10.3. The van der Waals surface area contributed by atoms with E-state index >= 15 is 0 Å². The second-order valence-electron chi connectivity index (χ2n) is 5.83. The van der Waals surface area contributed by atoms with Crippen molar-refractivity contribution in [1.29, 1.82) is 0 Å². The van der Waals surface area contributed by atoms with Gasteiger partial charge in [-0.05, 0) is 18.2 Å². The Balaban J connectivity index is 1.48. The van der Waals surface area contributed by atoms with Gasteiger partial charge < -0.3 is 19.4 Å². The van der Waals surface area contributed by atoms with Gasteiger partial charge >= 0.3 is 6.01 Å². The van der Waals surface area contributed by atoms with E-state index in [0.29, 0.717) is 26.2 Å². The molecule has 1 fully saturated rings. The molecule has 0 radical (unpaired) electrons. The monoisotopic (exact) mass is 343 g/mol. The molecule has 0 aliphatic carbocycles. The summed E-state index contributed by atoms with van der Waals surface area (Å²) >= 11 is 0. The summed E-state index contributed by atoms with van der Waals surface area (Å²) in [5, 5.41) is 8.45. The molecular weight excluding hydrogens is 322 g/mol. The number of nitrogens with zero attached hydrogens (tertiary/aromatic N) is 7. The number of carbonyl (C=O) groups excluding carboxylic acids is 1. The van der Waals surface area contributed by atoms with Crippen molar-refractivity contribution in [1.82, 2.24) is 25.1 Å². The van der Waals surface area contributed by atoms with Crippen molar-refractivity contribution >= 4 is 17.5 Å². The van der Waals surface area contributed by atoms with E-state index in [9.17, 15) is 4.79 Å². The number of amides is 1. The fraction of sp³-hybridized carbons (Fsp3) is 0.438. The van der Waals surface area contributed by atoms with Crippen molar-refractivity contribution < 1.29 is 9.53 Å². The van der Waals surface area contributed by atoms with Gasteiger partial charge in [0.2, 0.25) is 0 Å². The standard InChI is InChI=1S/C16H21N7O2/c1-21(2)13-4-5-14(20-19-13)22-8-10-23(11-9-22)15(24)12-25-16-17-6-3-7-18-16/h3-7H,8-12H2,1-2H3. The third-order valence-corrected chi connectivity index (χ3v) is 3.92. The lowest BCUT2D eigenvalue weighted by Crippen LogP contribution is -2.50. The maximum absolute atomic E-state index is 12.2. The van der Waals surface area contributed by atoms with Crippen molar-refractivity contribution in [3.8, 4) is 6.01 Å². The van der Waals surface area contributed by atoms with Gasteiger partial charge in [-0.2, -0.15) is 0 Å². The number of aromatic nitrogens is 4. The van der Waals surface area contributed by atoms with E-state index in [-0.39, 0.29) is 18.5 Å². The molecule has 9 heteroatoms. The van der Waals surface area contributed by atoms with E-state index in [1.807, 2.05) is 31.1 Å². The first kappa shape index (κ1) is 16.9. The molecule has 2 aromatic rings. The van der Waals surface area contributed by atoms with Crippen LogP contribution in [0.5, 0.6) is 6.01 Å². The molecule has 25 heavy (non-hydrogen) atoms. The maximum Gasteiger partial charge on any atom is 0.316 e. The fourth-order valence-electron chi connectivity index (χ4n) is 2.49. The molecule has 3 heterocycles. The van der Waals surface area contributed by atoms with Gasteiger partial charge in [0.25, 0.3) is 5.91 Å². The molecule has 1 aliphatic heterocycles. The van der Waals surface area contributed by atoms with Crippen LogP contribution in [0.2, 0.25) is 0 Å². The minimum atomic E-state index is -0.0684. The molecule has 0 bridgehead atoms. The number of carbonyl (C=O) groups is 1. The average Bonchev–Trinajstić information content (AvgIpc) is 2.67. The summed E-state index contributed by atoms with van der Waals surface area (Å²) in [6.45, 7) is 2.61. The normalized spacial score (nSPS) is 14.3. The van der Waals surface area contributed by atoms with Crippen LogP contribution in [0.15, 0.2) is 30.6 Å². The van der Waals surface area contributed by atoms with Gasteiger partial charge in [-0.1, -0.05) is 0 Å². The summed E-state index contributed by atoms with van der Waals surface area (Å²) in [4.78, 5) is 25.9. The van der Waals surface area contributed by atoms with Crippen molar-refractivity contribution in [2.45, 2.75) is 0 Å². The van der Waals surface area contributed by atoms with Gasteiger partial charge in [0.15, 0.2) is 18.2 Å². The SMILES string of the molecule is CN(C)c1ccc(N2CCN(C(=O)COc3ncccn3)CC2)nn1. The summed E-state index contributed by atoms with van der Waals surface area (Å²) in [5.74, 6) is 1.57. The zero-order valence-corrected chi connectivity index (χ0v) is 14.4. The molecule has 3 rings (SSSR count). The van der Waals surface area contributed by atoms with Crippen molar-refractivity contribution in [2.75, 3.05) is 56.7 Å². The predicted octanol–water partition coefficient (Wildman–Crippen LogP) is 0.0602. The smallest absolute Gasteiger partial charge is 0.316 e. The number of rotatable bonds is 5. The third kappa shape index (κ3) is 4.31. The molecule has 1 saturated heterocycles. The zero-order chi connectivity index (χ0) is 17.6. The second-order valence-corrected chi connectivity index (χ2v) is 5.83. The Morgan fingerprint density at radius 2 is 1.84 bits per heavy atom. The molecule has 132 valence electrons. The van der Waals surface area contributed by atoms with E-state index < -0.39 is 0 Å². The Morgan fingerprint density at radius 3 is 2.44 bits per heavy atom. The number of piperazine rings is 1. The van der Waals surface area contributed by atoms with Crippen LogP contribution in [0.1, 0.15) is 0 Å². The van der Waals surface area contributed by atoms with Gasteiger partial charge in [-0.15, -0.1) is 10.2 Å². The molecule has 0 spiro atoms. The summed E-state index contributed by atoms with van der Waals surface area (Å²) in [6, 6.07) is 5.80. The number of hydrogen-bond donors (Lipinski definition) is 0. The molecule has 0 unspecified atom stereocenters. The van der Waals surface area contributed by atoms with Crippen LogP contribution in [0.3, 0.4) is 0 Å². The summed E-state index contributed by atoms with van der Waals surface area (Å²) < 4.78 is 5.31. The molecule has 9 nitrogen and oxygen atoms in total. The molecule has 2 aromatic heterocycles. The van der Waals surface area contributed by atoms with Crippen LogP contribution in [0, 0.1) is 0 Å². The highest BCUT2D eigenvalue weighted by molar-refractivity contribution is 5.78. The first-order valence-corrected chi connectivity index (χ1v) is 8.07. The highest BCUT2D eigenvalue weighted by Gasteiger charge is 2.22. The lowest BCUT2D eigenvalue weighted by Gasteiger charge is -2.35. The Kier molecular flexibility index (Phi) is 5.22. The minimum Gasteiger partial charge on any atom is -0.453 e. The van der Waals surface area contributed by atoms with Gasteiger partial charge in [0, 0.05) is 52.7 Å². The van der Waals surface area contributed by atoms with E-state index in [2.05, 4.69) is 25.1 Å². The van der Waals surface area contributed by atoms with Gasteiger partial charge in [0.05, 0.1) is 0 Å². The van der Waals surface area contributed by atoms with Crippen LogP contribution in [0.4, 0.5) is 11.6 Å². The average molecular weight is 343 g/mol. The second kappa shape index (κ2) is 7.73.